The first-order valence-electron chi connectivity index (χ1n) is 7.55. The molecule has 3 atom stereocenters. The van der Waals surface area contributed by atoms with Crippen LogP contribution in [0.4, 0.5) is 5.69 Å². The summed E-state index contributed by atoms with van der Waals surface area (Å²) in [6, 6.07) is 6.06. The summed E-state index contributed by atoms with van der Waals surface area (Å²) in [7, 11) is 0. The molecular weight excluding hydrogens is 248 g/mol. The van der Waals surface area contributed by atoms with Crippen LogP contribution in [0.5, 0.6) is 0 Å². The molecule has 4 rings (SSSR count). The van der Waals surface area contributed by atoms with Gasteiger partial charge in [-0.1, -0.05) is 18.2 Å². The molecule has 1 saturated carbocycles. The number of fused-ring (bicyclic) bond motifs is 3. The van der Waals surface area contributed by atoms with Crippen LogP contribution in [0.25, 0.3) is 0 Å². The Labute approximate surface area is 119 Å². The van der Waals surface area contributed by atoms with Crippen molar-refractivity contribution in [1.82, 2.24) is 4.90 Å². The highest BCUT2D eigenvalue weighted by molar-refractivity contribution is 5.80. The van der Waals surface area contributed by atoms with Crippen molar-refractivity contribution in [2.45, 2.75) is 25.8 Å². The Morgan fingerprint density at radius 2 is 2.10 bits per heavy atom. The summed E-state index contributed by atoms with van der Waals surface area (Å²) in [4.78, 5) is 14.8. The van der Waals surface area contributed by atoms with Crippen LogP contribution < -0.4 is 5.73 Å². The van der Waals surface area contributed by atoms with Gasteiger partial charge in [-0.3, -0.25) is 4.79 Å². The van der Waals surface area contributed by atoms with Crippen LogP contribution in [0.15, 0.2) is 30.4 Å². The summed E-state index contributed by atoms with van der Waals surface area (Å²) in [5.74, 6) is 1.76. The smallest absolute Gasteiger partial charge is 0.226 e. The number of allylic oxidation sites excluding steroid dienone is 2. The molecule has 1 aliphatic heterocycles. The van der Waals surface area contributed by atoms with Crippen LogP contribution in [0.1, 0.15) is 24.0 Å². The van der Waals surface area contributed by atoms with Crippen molar-refractivity contribution in [3.63, 3.8) is 0 Å². The number of nitrogens with zero attached hydrogens (tertiary/aromatic N) is 1. The van der Waals surface area contributed by atoms with Gasteiger partial charge in [0, 0.05) is 24.7 Å². The zero-order chi connectivity index (χ0) is 13.7. The summed E-state index contributed by atoms with van der Waals surface area (Å²) < 4.78 is 0. The van der Waals surface area contributed by atoms with Crippen LogP contribution in [0, 0.1) is 17.8 Å². The largest absolute Gasteiger partial charge is 0.399 e. The summed E-state index contributed by atoms with van der Waals surface area (Å²) in [6.07, 6.45) is 7.74. The molecule has 2 N–H and O–H groups in total. The Hall–Kier alpha value is -1.77. The molecule has 3 unspecified atom stereocenters. The predicted molar refractivity (Wildman–Crippen MR) is 78.8 cm³/mol. The Morgan fingerprint density at radius 1 is 1.20 bits per heavy atom. The van der Waals surface area contributed by atoms with Gasteiger partial charge in [-0.2, -0.15) is 0 Å². The van der Waals surface area contributed by atoms with E-state index in [0.29, 0.717) is 17.7 Å². The third kappa shape index (κ3) is 1.84. The molecule has 2 bridgehead atoms. The number of hydrogen-bond donors (Lipinski definition) is 1. The van der Waals surface area contributed by atoms with E-state index < -0.39 is 0 Å². The fourth-order valence-electron chi connectivity index (χ4n) is 4.06. The molecule has 1 aromatic rings. The van der Waals surface area contributed by atoms with E-state index in [1.54, 1.807) is 0 Å². The molecule has 20 heavy (non-hydrogen) atoms. The third-order valence-electron chi connectivity index (χ3n) is 5.15. The first-order valence-corrected chi connectivity index (χ1v) is 7.55. The SMILES string of the molecule is Nc1ccc2c(c1)CCN(C(=O)C1CC3C=CC1C3)C2. The maximum atomic E-state index is 12.7. The van der Waals surface area contributed by atoms with Gasteiger partial charge in [0.1, 0.15) is 0 Å². The van der Waals surface area contributed by atoms with Crippen molar-refractivity contribution in [2.75, 3.05) is 12.3 Å². The average Bonchev–Trinajstić information content (AvgIpc) is 3.08. The topological polar surface area (TPSA) is 46.3 Å². The van der Waals surface area contributed by atoms with Gasteiger partial charge in [-0.05, 0) is 54.4 Å². The number of anilines is 1. The molecule has 2 aliphatic carbocycles. The Balaban J connectivity index is 1.52. The second kappa shape index (κ2) is 4.37. The molecule has 1 fully saturated rings. The van der Waals surface area contributed by atoms with Crippen LogP contribution in [0.3, 0.4) is 0 Å². The van der Waals surface area contributed by atoms with Crippen LogP contribution in [-0.2, 0) is 17.8 Å². The second-order valence-electron chi connectivity index (χ2n) is 6.42. The number of carbonyl (C=O) groups excluding carboxylic acids is 1. The molecule has 3 aliphatic rings. The standard InChI is InChI=1S/C17H20N2O/c18-15-4-3-14-10-19(6-5-12(14)9-15)17(20)16-8-11-1-2-13(16)7-11/h1-4,9,11,13,16H,5-8,10,18H2. The van der Waals surface area contributed by atoms with Crippen LogP contribution >= 0.6 is 0 Å². The van der Waals surface area contributed by atoms with Gasteiger partial charge in [0.05, 0.1) is 0 Å². The fraction of sp³-hybridized carbons (Fsp3) is 0.471. The molecule has 0 aromatic heterocycles. The van der Waals surface area contributed by atoms with Crippen molar-refractivity contribution in [3.8, 4) is 0 Å². The summed E-state index contributed by atoms with van der Waals surface area (Å²) in [5.41, 5.74) is 9.22. The quantitative estimate of drug-likeness (QED) is 0.628. The molecule has 0 saturated heterocycles. The first-order chi connectivity index (χ1) is 9.70. The van der Waals surface area contributed by atoms with E-state index in [0.717, 1.165) is 31.6 Å². The van der Waals surface area contributed by atoms with Crippen LogP contribution in [-0.4, -0.2) is 17.4 Å². The summed E-state index contributed by atoms with van der Waals surface area (Å²) in [6.45, 7) is 1.60. The minimum Gasteiger partial charge on any atom is -0.399 e. The lowest BCUT2D eigenvalue weighted by molar-refractivity contribution is -0.137. The van der Waals surface area contributed by atoms with E-state index in [-0.39, 0.29) is 5.92 Å². The first kappa shape index (κ1) is 12.0. The van der Waals surface area contributed by atoms with Gasteiger partial charge < -0.3 is 10.6 Å². The maximum Gasteiger partial charge on any atom is 0.226 e. The highest BCUT2D eigenvalue weighted by Crippen LogP contribution is 2.44. The van der Waals surface area contributed by atoms with E-state index in [4.69, 9.17) is 5.73 Å². The van der Waals surface area contributed by atoms with Gasteiger partial charge in [-0.15, -0.1) is 0 Å². The van der Waals surface area contributed by atoms with Gasteiger partial charge in [0.2, 0.25) is 5.91 Å². The molecule has 1 amide bonds. The van der Waals surface area contributed by atoms with E-state index in [2.05, 4.69) is 29.2 Å². The van der Waals surface area contributed by atoms with E-state index in [9.17, 15) is 4.79 Å². The Bertz CT molecular complexity index is 593. The second-order valence-corrected chi connectivity index (χ2v) is 6.42. The van der Waals surface area contributed by atoms with Crippen molar-refractivity contribution in [2.24, 2.45) is 17.8 Å². The molecule has 104 valence electrons. The van der Waals surface area contributed by atoms with E-state index >= 15 is 0 Å². The maximum absolute atomic E-state index is 12.7. The third-order valence-corrected chi connectivity index (χ3v) is 5.15. The predicted octanol–water partition coefficient (Wildman–Crippen LogP) is 2.37. The number of hydrogen-bond acceptors (Lipinski definition) is 2. The molecule has 0 spiro atoms. The molecule has 1 aromatic carbocycles. The van der Waals surface area contributed by atoms with E-state index in [1.165, 1.54) is 17.5 Å². The minimum absolute atomic E-state index is 0.236. The highest BCUT2D eigenvalue weighted by atomic mass is 16.2. The normalized spacial score (nSPS) is 30.6. The van der Waals surface area contributed by atoms with Gasteiger partial charge in [0.15, 0.2) is 0 Å². The summed E-state index contributed by atoms with van der Waals surface area (Å²) in [5, 5.41) is 0. The monoisotopic (exact) mass is 268 g/mol. The Kier molecular flexibility index (Phi) is 2.62. The zero-order valence-electron chi connectivity index (χ0n) is 11.6. The van der Waals surface area contributed by atoms with Crippen molar-refractivity contribution in [3.05, 3.63) is 41.5 Å². The van der Waals surface area contributed by atoms with Crippen LogP contribution in [0.2, 0.25) is 0 Å². The number of amides is 1. The lowest BCUT2D eigenvalue weighted by Gasteiger charge is -2.32. The van der Waals surface area contributed by atoms with Gasteiger partial charge in [-0.25, -0.2) is 0 Å². The number of nitrogens with two attached hydrogens (primary N) is 1. The lowest BCUT2D eigenvalue weighted by atomic mass is 9.90. The molecule has 3 heteroatoms. The average molecular weight is 268 g/mol. The number of benzene rings is 1. The zero-order valence-corrected chi connectivity index (χ0v) is 11.6. The fourth-order valence-corrected chi connectivity index (χ4v) is 4.06. The summed E-state index contributed by atoms with van der Waals surface area (Å²) >= 11 is 0. The van der Waals surface area contributed by atoms with Gasteiger partial charge in [0.25, 0.3) is 0 Å². The van der Waals surface area contributed by atoms with Crippen molar-refractivity contribution < 1.29 is 4.79 Å². The number of rotatable bonds is 1. The lowest BCUT2D eigenvalue weighted by Crippen LogP contribution is -2.40. The molecular formula is C17H20N2O. The molecule has 0 radical (unpaired) electrons. The van der Waals surface area contributed by atoms with Gasteiger partial charge >= 0.3 is 0 Å². The van der Waals surface area contributed by atoms with E-state index in [1.807, 2.05) is 6.07 Å². The van der Waals surface area contributed by atoms with Crippen molar-refractivity contribution in [1.29, 1.82) is 0 Å². The molecule has 1 heterocycles. The number of nitrogen functional groups attached to an aromatic ring is 1. The molecule has 3 nitrogen and oxygen atoms in total. The highest BCUT2D eigenvalue weighted by Gasteiger charge is 2.41. The Morgan fingerprint density at radius 3 is 2.85 bits per heavy atom. The van der Waals surface area contributed by atoms with Crippen molar-refractivity contribution >= 4 is 11.6 Å². The number of carbonyl (C=O) groups is 1. The minimum atomic E-state index is 0.236.